The highest BCUT2D eigenvalue weighted by Crippen LogP contribution is 2.20. The number of carboxylic acid groups (broad SMARTS) is 1. The van der Waals surface area contributed by atoms with Crippen molar-refractivity contribution < 1.29 is 67.7 Å². The van der Waals surface area contributed by atoms with Gasteiger partial charge in [-0.05, 0) is 51.1 Å². The average Bonchev–Trinajstić information content (AvgIpc) is 2.95. The van der Waals surface area contributed by atoms with Crippen molar-refractivity contribution in [1.82, 2.24) is 78.0 Å². The van der Waals surface area contributed by atoms with Crippen molar-refractivity contribution in [1.29, 1.82) is 0 Å². The quantitative estimate of drug-likeness (QED) is 0.0189. The van der Waals surface area contributed by atoms with Gasteiger partial charge in [0.05, 0.1) is 31.8 Å². The van der Waals surface area contributed by atoms with Gasteiger partial charge in [-0.15, -0.1) is 0 Å². The number of rotatable bonds is 37. The first kappa shape index (κ1) is 72.0. The first-order valence-electron chi connectivity index (χ1n) is 27.6. The van der Waals surface area contributed by atoms with Crippen LogP contribution in [0.4, 0.5) is 0 Å². The van der Waals surface area contributed by atoms with Gasteiger partial charge < -0.3 is 89.7 Å². The van der Waals surface area contributed by atoms with Crippen molar-refractivity contribution in [2.24, 2.45) is 11.5 Å². The van der Waals surface area contributed by atoms with E-state index in [1.165, 1.54) is 36.9 Å². The molecule has 11 atom stereocenters. The maximum Gasteiger partial charge on any atom is 0.327 e. The normalized spacial score (nSPS) is 16.3. The molecular weight excluding hydrogens is 1210 g/mol. The summed E-state index contributed by atoms with van der Waals surface area (Å²) < 4.78 is 0. The molecule has 87 heavy (non-hydrogen) atoms. The van der Waals surface area contributed by atoms with E-state index in [2.05, 4.69) is 124 Å². The Balaban J connectivity index is 1.41. The molecule has 0 saturated carbocycles. The van der Waals surface area contributed by atoms with Gasteiger partial charge in [-0.25, -0.2) is 14.8 Å². The number of likely N-dealkylation sites (tertiary alicyclic amines) is 1. The average molecular weight is 1290 g/mol. The van der Waals surface area contributed by atoms with Crippen molar-refractivity contribution in [2.45, 2.75) is 125 Å². The number of hydrogen-bond donors (Lipinski definition) is 20. The van der Waals surface area contributed by atoms with E-state index in [4.69, 9.17) is 11.5 Å². The summed E-state index contributed by atoms with van der Waals surface area (Å²) in [4.78, 5) is 176. The predicted octanol–water partition coefficient (Wildman–Crippen LogP) is -6.10. The molecule has 1 aromatic carbocycles. The summed E-state index contributed by atoms with van der Waals surface area (Å²) in [6.07, 6.45) is 6.40. The number of amides is 11. The molecule has 31 nitrogen and oxygen atoms in total. The van der Waals surface area contributed by atoms with Crippen LogP contribution in [0.1, 0.15) is 56.0 Å². The van der Waals surface area contributed by atoms with Gasteiger partial charge in [-0.3, -0.25) is 52.7 Å². The van der Waals surface area contributed by atoms with Crippen molar-refractivity contribution in [3.63, 3.8) is 0 Å². The number of aliphatic hydroxyl groups excluding tert-OH is 1. The number of carbonyl (C=O) groups is 12. The monoisotopic (exact) mass is 1290 g/mol. The number of hydrogen-bond acceptors (Lipinski definition) is 21. The van der Waals surface area contributed by atoms with E-state index in [1.54, 1.807) is 30.3 Å². The number of nitrogens with one attached hydrogen (secondary N) is 12. The molecule has 1 saturated heterocycles. The molecule has 0 spiro atoms. The van der Waals surface area contributed by atoms with Crippen LogP contribution in [0.15, 0.2) is 55.4 Å². The van der Waals surface area contributed by atoms with Crippen LogP contribution in [-0.4, -0.2) is 222 Å². The third-order valence-corrected chi connectivity index (χ3v) is 15.0. The minimum absolute atomic E-state index is 0.000238. The number of nitrogens with two attached hydrogens (primary N) is 2. The minimum atomic E-state index is -1.66. The summed E-state index contributed by atoms with van der Waals surface area (Å²) >= 11 is 16.3. The number of aliphatic carboxylic acids is 1. The summed E-state index contributed by atoms with van der Waals surface area (Å²) in [5.41, 5.74) is 12.9. The molecule has 1 aliphatic rings. The number of carboxylic acids is 1. The zero-order valence-corrected chi connectivity index (χ0v) is 51.0. The highest BCUT2D eigenvalue weighted by Gasteiger charge is 2.40. The fourth-order valence-corrected chi connectivity index (χ4v) is 9.59. The number of aromatic amines is 2. The number of benzene rings is 1. The second kappa shape index (κ2) is 37.3. The minimum Gasteiger partial charge on any atom is -0.480 e. The zero-order valence-electron chi connectivity index (χ0n) is 47.4. The Labute approximate surface area is 522 Å². The van der Waals surface area contributed by atoms with Gasteiger partial charge in [0.25, 0.3) is 0 Å². The van der Waals surface area contributed by atoms with Crippen LogP contribution in [-0.2, 0) is 76.8 Å². The Morgan fingerprint density at radius 3 is 1.67 bits per heavy atom. The SMILES string of the molecule is C[C@H](NC(=O)[C@@H]1CCCN1C(=O)[C@H](Cc1cnc[nH]1)NC(=O)[C@H](CS)NC(=O)[C@@H](N)CS)C(=O)N[C@@H](CS)C(=O)NCC(=O)N[C@@H](CCCCN)C(=O)N[C@@H](Cc1cnc[nH]1)C(=O)N[C@@H](Cc1ccccc1)C(=O)N[C@@H](CO)C(=O)N[C@@H](CS)C(=O)O. The second-order valence-electron chi connectivity index (χ2n) is 20.1. The molecule has 18 N–H and O–H groups in total. The van der Waals surface area contributed by atoms with Crippen LogP contribution in [0.3, 0.4) is 0 Å². The summed E-state index contributed by atoms with van der Waals surface area (Å²) in [5.74, 6) is -11.3. The lowest BCUT2D eigenvalue weighted by atomic mass is 10.0. The van der Waals surface area contributed by atoms with E-state index in [0.29, 0.717) is 36.2 Å². The fourth-order valence-electron chi connectivity index (χ4n) is 8.66. The van der Waals surface area contributed by atoms with Crippen LogP contribution < -0.4 is 64.6 Å². The maximum absolute atomic E-state index is 14.3. The molecule has 3 aromatic rings. The van der Waals surface area contributed by atoms with Crippen LogP contribution >= 0.6 is 50.5 Å². The number of aromatic nitrogens is 4. The van der Waals surface area contributed by atoms with Crippen molar-refractivity contribution >= 4 is 121 Å². The van der Waals surface area contributed by atoms with E-state index < -0.39 is 151 Å². The molecule has 0 bridgehead atoms. The Morgan fingerprint density at radius 2 is 1.11 bits per heavy atom. The maximum atomic E-state index is 14.3. The lowest BCUT2D eigenvalue weighted by molar-refractivity contribution is -0.142. The van der Waals surface area contributed by atoms with Crippen LogP contribution in [0.5, 0.6) is 0 Å². The molecule has 2 aromatic heterocycles. The third-order valence-electron chi connectivity index (χ3n) is 13.5. The van der Waals surface area contributed by atoms with Crippen LogP contribution in [0.2, 0.25) is 0 Å². The van der Waals surface area contributed by atoms with Gasteiger partial charge in [-0.2, -0.15) is 50.5 Å². The number of unbranched alkanes of at least 4 members (excludes halogenated alkanes) is 1. The summed E-state index contributed by atoms with van der Waals surface area (Å²) in [6.45, 7) is 0.00161. The fraction of sp³-hybridized carbons (Fsp3) is 0.538. The van der Waals surface area contributed by atoms with Crippen LogP contribution in [0, 0.1) is 0 Å². The molecule has 35 heteroatoms. The van der Waals surface area contributed by atoms with E-state index in [1.807, 2.05) is 0 Å². The Bertz CT molecular complexity index is 2790. The van der Waals surface area contributed by atoms with Gasteiger partial charge >= 0.3 is 5.97 Å². The lowest BCUT2D eigenvalue weighted by Crippen LogP contribution is -2.60. The lowest BCUT2D eigenvalue weighted by Gasteiger charge is -2.30. The number of H-pyrrole nitrogens is 2. The van der Waals surface area contributed by atoms with E-state index >= 15 is 0 Å². The third kappa shape index (κ3) is 23.3. The topological polar surface area (TPSA) is 478 Å². The molecular formula is C52H77N17O14S4. The van der Waals surface area contributed by atoms with Crippen molar-refractivity contribution in [3.8, 4) is 0 Å². The smallest absolute Gasteiger partial charge is 0.327 e. The van der Waals surface area contributed by atoms with Gasteiger partial charge in [0.2, 0.25) is 65.0 Å². The van der Waals surface area contributed by atoms with Gasteiger partial charge in [0.15, 0.2) is 0 Å². The molecule has 3 heterocycles. The zero-order chi connectivity index (χ0) is 64.2. The number of thiol groups is 4. The molecule has 4 rings (SSSR count). The Hall–Kier alpha value is -7.44. The van der Waals surface area contributed by atoms with E-state index in [0.717, 1.165) is 0 Å². The molecule has 11 amide bonds. The first-order valence-corrected chi connectivity index (χ1v) is 30.1. The second-order valence-corrected chi connectivity index (χ2v) is 21.5. The molecule has 478 valence electrons. The van der Waals surface area contributed by atoms with Crippen molar-refractivity contribution in [2.75, 3.05) is 49.3 Å². The number of nitrogens with zero attached hydrogens (tertiary/aromatic N) is 3. The summed E-state index contributed by atoms with van der Waals surface area (Å²) in [7, 11) is 0. The van der Waals surface area contributed by atoms with E-state index in [9.17, 15) is 67.7 Å². The van der Waals surface area contributed by atoms with Gasteiger partial charge in [0.1, 0.15) is 60.4 Å². The standard InChI is InChI=1S/C52H77N17O14S4/c1-27(60-50(80)40-11-7-13-69(40)51(81)35(16-30-18-56-26-59-30)64-49(79)38(23-86)67-43(73)31(54)21-84)42(72)66-37(22-85)44(74)57-19-41(71)61-32(10-5-6-12-53)45(75)63-34(15-29-17-55-25-58-29)47(77)62-33(14-28-8-3-2-4-9-28)46(76)65-36(20-70)48(78)68-39(24-87)52(82)83/h2-4,8-9,17-18,25-27,31-40,70,84-87H,5-7,10-16,19-24,53-54H2,1H3,(H,55,58)(H,56,59)(H,57,74)(H,60,80)(H,61,71)(H,62,77)(H,63,75)(H,64,79)(H,65,76)(H,66,72)(H,67,73)(H,68,78)(H,82,83)/t27-,31-,32-,33-,34-,35-,36-,37-,38-,39-,40-/m0/s1. The Kier molecular flexibility index (Phi) is 30.9. The first-order chi connectivity index (χ1) is 41.6. The predicted molar refractivity (Wildman–Crippen MR) is 327 cm³/mol. The molecule has 0 radical (unpaired) electrons. The van der Waals surface area contributed by atoms with Gasteiger partial charge in [-0.1, -0.05) is 30.3 Å². The highest BCUT2D eigenvalue weighted by atomic mass is 32.1. The molecule has 1 fully saturated rings. The van der Waals surface area contributed by atoms with Gasteiger partial charge in [0, 0.05) is 72.6 Å². The molecule has 0 unspecified atom stereocenters. The van der Waals surface area contributed by atoms with E-state index in [-0.39, 0.29) is 68.2 Å². The summed E-state index contributed by atoms with van der Waals surface area (Å²) in [6, 6.07) is -6.16. The largest absolute Gasteiger partial charge is 0.480 e. The Morgan fingerprint density at radius 1 is 0.609 bits per heavy atom. The van der Waals surface area contributed by atoms with Crippen molar-refractivity contribution in [3.05, 3.63) is 72.3 Å². The number of carbonyl (C=O) groups excluding carboxylic acids is 11. The molecule has 1 aliphatic heterocycles. The number of imidazole rings is 2. The molecule has 0 aliphatic carbocycles. The number of aliphatic hydroxyl groups is 1. The van der Waals surface area contributed by atoms with Crippen LogP contribution in [0.25, 0.3) is 0 Å². The highest BCUT2D eigenvalue weighted by molar-refractivity contribution is 7.80. The summed E-state index contributed by atoms with van der Waals surface area (Å²) in [5, 5.41) is 44.3.